The van der Waals surface area contributed by atoms with Gasteiger partial charge in [0.25, 0.3) is 11.5 Å². The fourth-order valence-electron chi connectivity index (χ4n) is 6.38. The molecule has 2 aromatic heterocycles. The van der Waals surface area contributed by atoms with Crippen LogP contribution in [-0.2, 0) is 32.7 Å². The minimum Gasteiger partial charge on any atom is -0.466 e. The van der Waals surface area contributed by atoms with Gasteiger partial charge in [0.1, 0.15) is 24.0 Å². The van der Waals surface area contributed by atoms with E-state index < -0.39 is 29.4 Å². The van der Waals surface area contributed by atoms with E-state index in [-0.39, 0.29) is 53.5 Å². The summed E-state index contributed by atoms with van der Waals surface area (Å²) in [4.78, 5) is 67.7. The van der Waals surface area contributed by atoms with Crippen LogP contribution in [0.4, 0.5) is 5.69 Å². The first-order chi connectivity index (χ1) is 19.9. The lowest BCUT2D eigenvalue weighted by Gasteiger charge is -2.39. The first-order valence-corrected chi connectivity index (χ1v) is 14.2. The molecule has 2 saturated carbocycles. The van der Waals surface area contributed by atoms with E-state index in [2.05, 4.69) is 46.4 Å². The Morgan fingerprint density at radius 3 is 2.62 bits per heavy atom. The molecule has 226 valence electrons. The fraction of sp³-hybridized carbons (Fsp3) is 0.533. The number of anilines is 1. The summed E-state index contributed by atoms with van der Waals surface area (Å²) in [5, 5.41) is 8.44. The van der Waals surface area contributed by atoms with Gasteiger partial charge >= 0.3 is 5.97 Å². The normalized spacial score (nSPS) is 23.0. The van der Waals surface area contributed by atoms with Gasteiger partial charge in [-0.3, -0.25) is 19.2 Å². The Hall–Kier alpha value is -4.22. The summed E-state index contributed by atoms with van der Waals surface area (Å²) in [7, 11) is 2.91. The number of ether oxygens (including phenoxy) is 1. The van der Waals surface area contributed by atoms with Crippen LogP contribution < -0.4 is 21.5 Å². The number of methoxy groups -OCH3 is 1. The second-order valence-electron chi connectivity index (χ2n) is 12.0. The average molecular weight is 581 g/mol. The van der Waals surface area contributed by atoms with Crippen LogP contribution in [-0.4, -0.2) is 57.0 Å². The molecular formula is C30H40N6O6. The van der Waals surface area contributed by atoms with Crippen LogP contribution in [0.25, 0.3) is 0 Å². The number of carbonyl (C=O) groups is 4. The standard InChI is InChI=1S/C30H40N6O6/c1-29(2)19-12-13-30(29,3)23(15-19)34-24(37)17-36-14-8-10-21(28(36)41)33-26(39)20(9-6-7-11-25(38)42-5)32-27(40)22-16-31-18-35(22)4/h7-8,10-11,14,16,18-20,23H,6,9,12-13,15,17H2,1-5H3,(H,32,40)(H,33,39)(H,34,37)/b11-7+. The van der Waals surface area contributed by atoms with Gasteiger partial charge in [0.15, 0.2) is 0 Å². The largest absolute Gasteiger partial charge is 0.466 e. The smallest absolute Gasteiger partial charge is 0.330 e. The van der Waals surface area contributed by atoms with Crippen molar-refractivity contribution in [3.8, 4) is 0 Å². The summed E-state index contributed by atoms with van der Waals surface area (Å²) in [6.07, 6.45) is 10.7. The second-order valence-corrected chi connectivity index (χ2v) is 12.0. The van der Waals surface area contributed by atoms with Crippen molar-refractivity contribution in [3.05, 3.63) is 59.1 Å². The molecule has 0 saturated heterocycles. The summed E-state index contributed by atoms with van der Waals surface area (Å²) < 4.78 is 7.35. The minimum atomic E-state index is -1.03. The molecule has 2 aliphatic carbocycles. The molecule has 12 nitrogen and oxygen atoms in total. The lowest BCUT2D eigenvalue weighted by Crippen LogP contribution is -2.48. The molecule has 0 radical (unpaired) electrons. The van der Waals surface area contributed by atoms with Gasteiger partial charge in [0.2, 0.25) is 11.8 Å². The molecule has 2 heterocycles. The predicted octanol–water partition coefficient (Wildman–Crippen LogP) is 2.16. The Morgan fingerprint density at radius 1 is 1.24 bits per heavy atom. The number of aryl methyl sites for hydroxylation is 1. The van der Waals surface area contributed by atoms with Crippen molar-refractivity contribution in [2.24, 2.45) is 23.8 Å². The van der Waals surface area contributed by atoms with Gasteiger partial charge in [-0.1, -0.05) is 26.8 Å². The molecule has 2 fully saturated rings. The van der Waals surface area contributed by atoms with Crippen LogP contribution in [0.5, 0.6) is 0 Å². The Kier molecular flexibility index (Phi) is 9.03. The minimum absolute atomic E-state index is 0.00900. The van der Waals surface area contributed by atoms with Crippen LogP contribution in [0.1, 0.15) is 63.4 Å². The number of amides is 3. The van der Waals surface area contributed by atoms with Crippen molar-refractivity contribution in [3.63, 3.8) is 0 Å². The van der Waals surface area contributed by atoms with E-state index in [1.807, 2.05) is 0 Å². The molecule has 0 spiro atoms. The van der Waals surface area contributed by atoms with E-state index in [4.69, 9.17) is 0 Å². The van der Waals surface area contributed by atoms with Crippen LogP contribution in [0, 0.1) is 16.7 Å². The Labute approximate surface area is 244 Å². The maximum Gasteiger partial charge on any atom is 0.330 e. The molecule has 2 aromatic rings. The van der Waals surface area contributed by atoms with Crippen molar-refractivity contribution in [2.75, 3.05) is 12.4 Å². The SMILES string of the molecule is COC(=O)/C=C/CCC(NC(=O)c1cncn1C)C(=O)Nc1cccn(CC(=O)NC2CC3CCC2(C)C3(C)C)c1=O. The van der Waals surface area contributed by atoms with Gasteiger partial charge in [0, 0.05) is 25.4 Å². The lowest BCUT2D eigenvalue weighted by molar-refractivity contribution is -0.134. The first kappa shape index (κ1) is 30.7. The van der Waals surface area contributed by atoms with Gasteiger partial charge in [-0.15, -0.1) is 0 Å². The van der Waals surface area contributed by atoms with E-state index in [9.17, 15) is 24.0 Å². The van der Waals surface area contributed by atoms with Crippen molar-refractivity contribution < 1.29 is 23.9 Å². The number of fused-ring (bicyclic) bond motifs is 2. The van der Waals surface area contributed by atoms with Crippen molar-refractivity contribution in [1.29, 1.82) is 0 Å². The zero-order valence-corrected chi connectivity index (χ0v) is 24.8. The quantitative estimate of drug-likeness (QED) is 0.272. The summed E-state index contributed by atoms with van der Waals surface area (Å²) in [6, 6.07) is 2.04. The highest BCUT2D eigenvalue weighted by molar-refractivity contribution is 6.00. The monoisotopic (exact) mass is 580 g/mol. The number of rotatable bonds is 11. The van der Waals surface area contributed by atoms with E-state index in [1.165, 1.54) is 59.6 Å². The molecule has 42 heavy (non-hydrogen) atoms. The van der Waals surface area contributed by atoms with Gasteiger partial charge in [-0.05, 0) is 61.0 Å². The number of aromatic nitrogens is 3. The molecule has 4 atom stereocenters. The zero-order valence-electron chi connectivity index (χ0n) is 24.8. The summed E-state index contributed by atoms with van der Waals surface area (Å²) >= 11 is 0. The molecule has 3 N–H and O–H groups in total. The maximum absolute atomic E-state index is 13.3. The molecule has 2 bridgehead atoms. The number of hydrogen-bond acceptors (Lipinski definition) is 7. The van der Waals surface area contributed by atoms with Gasteiger partial charge < -0.3 is 29.8 Å². The lowest BCUT2D eigenvalue weighted by atomic mass is 9.69. The van der Waals surface area contributed by atoms with Gasteiger partial charge in [0.05, 0.1) is 19.6 Å². The maximum atomic E-state index is 13.3. The highest BCUT2D eigenvalue weighted by Crippen LogP contribution is 2.65. The van der Waals surface area contributed by atoms with Crippen molar-refractivity contribution in [2.45, 2.75) is 71.5 Å². The van der Waals surface area contributed by atoms with Crippen LogP contribution >= 0.6 is 0 Å². The summed E-state index contributed by atoms with van der Waals surface area (Å²) in [5.74, 6) is -1.37. The number of nitrogens with zero attached hydrogens (tertiary/aromatic N) is 3. The van der Waals surface area contributed by atoms with E-state index in [0.29, 0.717) is 5.92 Å². The fourth-order valence-corrected chi connectivity index (χ4v) is 6.38. The van der Waals surface area contributed by atoms with E-state index in [0.717, 1.165) is 12.8 Å². The average Bonchev–Trinajstić information content (AvgIpc) is 3.53. The highest BCUT2D eigenvalue weighted by atomic mass is 16.5. The second kappa shape index (κ2) is 12.3. The molecule has 0 aliphatic heterocycles. The molecule has 2 aliphatic rings. The Bertz CT molecular complexity index is 1440. The Balaban J connectivity index is 1.43. The van der Waals surface area contributed by atoms with E-state index in [1.54, 1.807) is 13.1 Å². The number of nitrogens with one attached hydrogen (secondary N) is 3. The molecule has 4 unspecified atom stereocenters. The Morgan fingerprint density at radius 2 is 2.00 bits per heavy atom. The first-order valence-electron chi connectivity index (χ1n) is 14.2. The number of imidazole rings is 1. The predicted molar refractivity (Wildman–Crippen MR) is 155 cm³/mol. The van der Waals surface area contributed by atoms with Gasteiger partial charge in [-0.25, -0.2) is 9.78 Å². The number of pyridine rings is 1. The van der Waals surface area contributed by atoms with Crippen LogP contribution in [0.2, 0.25) is 0 Å². The number of allylic oxidation sites excluding steroid dienone is 1. The van der Waals surface area contributed by atoms with Crippen LogP contribution in [0.15, 0.2) is 47.8 Å². The molecule has 4 rings (SSSR count). The summed E-state index contributed by atoms with van der Waals surface area (Å²) in [6.45, 7) is 6.60. The highest BCUT2D eigenvalue weighted by Gasteiger charge is 2.61. The summed E-state index contributed by atoms with van der Waals surface area (Å²) in [5.41, 5.74) is -0.159. The van der Waals surface area contributed by atoms with E-state index >= 15 is 0 Å². The number of carbonyl (C=O) groups excluding carboxylic acids is 4. The third-order valence-corrected chi connectivity index (χ3v) is 9.47. The third kappa shape index (κ3) is 6.17. The molecular weight excluding hydrogens is 540 g/mol. The molecule has 12 heteroatoms. The zero-order chi connectivity index (χ0) is 30.7. The van der Waals surface area contributed by atoms with Crippen molar-refractivity contribution >= 4 is 29.4 Å². The van der Waals surface area contributed by atoms with Gasteiger partial charge in [-0.2, -0.15) is 0 Å². The van der Waals surface area contributed by atoms with Crippen LogP contribution in [0.3, 0.4) is 0 Å². The van der Waals surface area contributed by atoms with Crippen molar-refractivity contribution in [1.82, 2.24) is 24.8 Å². The topological polar surface area (TPSA) is 153 Å². The molecule has 3 amide bonds. The third-order valence-electron chi connectivity index (χ3n) is 9.47. The number of esters is 1. The molecule has 0 aromatic carbocycles. The number of hydrogen-bond donors (Lipinski definition) is 3.